The number of carbonyl (C=O) groups is 1. The molecule has 0 radical (unpaired) electrons. The molecule has 0 saturated heterocycles. The van der Waals surface area contributed by atoms with Gasteiger partial charge < -0.3 is 20.1 Å². The fraction of sp³-hybridized carbons (Fsp3) is 0.500. The predicted octanol–water partition coefficient (Wildman–Crippen LogP) is -0.400. The molecule has 0 aromatic carbocycles. The number of aromatic nitrogens is 1. The number of aliphatic hydroxyl groups excluding tert-OH is 1. The number of nitrogens with zero attached hydrogens (tertiary/aromatic N) is 1. The number of carboxylic acid groups (broad SMARTS) is 1. The van der Waals surface area contributed by atoms with Crippen molar-refractivity contribution in [2.75, 3.05) is 6.54 Å². The van der Waals surface area contributed by atoms with Crippen LogP contribution in [-0.4, -0.2) is 34.0 Å². The van der Waals surface area contributed by atoms with Gasteiger partial charge in [-0.25, -0.2) is 0 Å². The number of hydrogen-bond acceptors (Lipinski definition) is 5. The topological polar surface area (TPSA) is 95.6 Å². The van der Waals surface area contributed by atoms with E-state index in [-0.39, 0.29) is 13.0 Å². The second-order valence-corrected chi connectivity index (χ2v) is 2.86. The van der Waals surface area contributed by atoms with Crippen LogP contribution >= 0.6 is 0 Å². The van der Waals surface area contributed by atoms with Crippen molar-refractivity contribution in [3.05, 3.63) is 18.0 Å². The zero-order chi connectivity index (χ0) is 10.4. The van der Waals surface area contributed by atoms with E-state index in [9.17, 15) is 4.79 Å². The van der Waals surface area contributed by atoms with Crippen LogP contribution in [0.15, 0.2) is 16.8 Å². The van der Waals surface area contributed by atoms with Crippen LogP contribution in [0, 0.1) is 0 Å². The van der Waals surface area contributed by atoms with Gasteiger partial charge in [0.05, 0.1) is 25.3 Å². The van der Waals surface area contributed by atoms with Crippen molar-refractivity contribution >= 4 is 5.97 Å². The molecule has 1 aromatic heterocycles. The molecule has 6 heteroatoms. The molecule has 1 rings (SSSR count). The SMILES string of the molecule is O=C(O)CC(O)CNCc1ccno1. The molecule has 0 aliphatic rings. The normalized spacial score (nSPS) is 12.6. The Bertz CT molecular complexity index is 273. The molecule has 1 unspecified atom stereocenters. The zero-order valence-corrected chi connectivity index (χ0v) is 7.51. The lowest BCUT2D eigenvalue weighted by Crippen LogP contribution is -2.28. The summed E-state index contributed by atoms with van der Waals surface area (Å²) in [5.74, 6) is -0.369. The molecule has 1 aromatic rings. The Morgan fingerprint density at radius 3 is 3.07 bits per heavy atom. The first-order chi connectivity index (χ1) is 6.68. The molecule has 6 nitrogen and oxygen atoms in total. The first kappa shape index (κ1) is 10.7. The summed E-state index contributed by atoms with van der Waals surface area (Å²) in [6, 6.07) is 1.69. The Morgan fingerprint density at radius 1 is 1.71 bits per heavy atom. The molecule has 0 amide bonds. The molecule has 0 bridgehead atoms. The summed E-state index contributed by atoms with van der Waals surface area (Å²) >= 11 is 0. The van der Waals surface area contributed by atoms with Crippen molar-refractivity contribution < 1.29 is 19.5 Å². The van der Waals surface area contributed by atoms with Crippen LogP contribution in [0.4, 0.5) is 0 Å². The van der Waals surface area contributed by atoms with E-state index in [0.717, 1.165) is 0 Å². The van der Waals surface area contributed by atoms with Gasteiger partial charge in [0.2, 0.25) is 0 Å². The van der Waals surface area contributed by atoms with E-state index in [0.29, 0.717) is 12.3 Å². The number of hydrogen-bond donors (Lipinski definition) is 3. The van der Waals surface area contributed by atoms with E-state index in [1.54, 1.807) is 6.07 Å². The molecular formula is C8H12N2O4. The van der Waals surface area contributed by atoms with Crippen LogP contribution in [-0.2, 0) is 11.3 Å². The van der Waals surface area contributed by atoms with Gasteiger partial charge in [0.25, 0.3) is 0 Å². The molecule has 0 spiro atoms. The van der Waals surface area contributed by atoms with Gasteiger partial charge in [0.15, 0.2) is 0 Å². The molecule has 0 saturated carbocycles. The summed E-state index contributed by atoms with van der Waals surface area (Å²) in [5.41, 5.74) is 0. The molecule has 1 heterocycles. The molecular weight excluding hydrogens is 188 g/mol. The van der Waals surface area contributed by atoms with Gasteiger partial charge >= 0.3 is 5.97 Å². The van der Waals surface area contributed by atoms with Gasteiger partial charge in [-0.1, -0.05) is 5.16 Å². The third-order valence-electron chi connectivity index (χ3n) is 1.58. The molecule has 0 aliphatic heterocycles. The van der Waals surface area contributed by atoms with Gasteiger partial charge in [-0.2, -0.15) is 0 Å². The van der Waals surface area contributed by atoms with Crippen LogP contribution in [0.25, 0.3) is 0 Å². The highest BCUT2D eigenvalue weighted by molar-refractivity contribution is 5.67. The average molecular weight is 200 g/mol. The first-order valence-corrected chi connectivity index (χ1v) is 4.18. The summed E-state index contributed by atoms with van der Waals surface area (Å²) in [6.07, 6.45) is 0.379. The van der Waals surface area contributed by atoms with E-state index in [1.165, 1.54) is 6.20 Å². The number of carboxylic acids is 1. The summed E-state index contributed by atoms with van der Waals surface area (Å²) < 4.78 is 4.79. The molecule has 0 fully saturated rings. The zero-order valence-electron chi connectivity index (χ0n) is 7.51. The minimum absolute atomic E-state index is 0.215. The van der Waals surface area contributed by atoms with Crippen molar-refractivity contribution in [1.29, 1.82) is 0 Å². The molecule has 1 atom stereocenters. The van der Waals surface area contributed by atoms with Crippen molar-refractivity contribution in [3.8, 4) is 0 Å². The smallest absolute Gasteiger partial charge is 0.306 e. The van der Waals surface area contributed by atoms with Gasteiger partial charge in [0, 0.05) is 12.6 Å². The number of rotatable bonds is 6. The molecule has 3 N–H and O–H groups in total. The quantitative estimate of drug-likeness (QED) is 0.578. The lowest BCUT2D eigenvalue weighted by molar-refractivity contribution is -0.139. The van der Waals surface area contributed by atoms with Crippen LogP contribution in [0.3, 0.4) is 0 Å². The van der Waals surface area contributed by atoms with Crippen molar-refractivity contribution in [3.63, 3.8) is 0 Å². The highest BCUT2D eigenvalue weighted by atomic mass is 16.5. The number of aliphatic hydroxyl groups is 1. The summed E-state index contributed by atoms with van der Waals surface area (Å²) in [7, 11) is 0. The standard InChI is InChI=1S/C8H12N2O4/c11-6(3-8(12)13)4-9-5-7-1-2-10-14-7/h1-2,6,9,11H,3-5H2,(H,12,13). The summed E-state index contributed by atoms with van der Waals surface area (Å²) in [5, 5.41) is 23.9. The average Bonchev–Trinajstić information content (AvgIpc) is 2.55. The van der Waals surface area contributed by atoms with Crippen molar-refractivity contribution in [1.82, 2.24) is 10.5 Å². The minimum atomic E-state index is -1.01. The second kappa shape index (κ2) is 5.36. The maximum atomic E-state index is 10.2. The second-order valence-electron chi connectivity index (χ2n) is 2.86. The third-order valence-corrected chi connectivity index (χ3v) is 1.58. The Hall–Kier alpha value is -1.40. The van der Waals surface area contributed by atoms with E-state index in [2.05, 4.69) is 10.5 Å². The van der Waals surface area contributed by atoms with Gasteiger partial charge in [-0.15, -0.1) is 0 Å². The molecule has 78 valence electrons. The van der Waals surface area contributed by atoms with Crippen molar-refractivity contribution in [2.24, 2.45) is 0 Å². The largest absolute Gasteiger partial charge is 0.481 e. The lowest BCUT2D eigenvalue weighted by atomic mass is 10.2. The van der Waals surface area contributed by atoms with E-state index >= 15 is 0 Å². The third kappa shape index (κ3) is 4.01. The predicted molar refractivity (Wildman–Crippen MR) is 46.5 cm³/mol. The van der Waals surface area contributed by atoms with Crippen LogP contribution in [0.1, 0.15) is 12.2 Å². The van der Waals surface area contributed by atoms with Crippen LogP contribution < -0.4 is 5.32 Å². The lowest BCUT2D eigenvalue weighted by Gasteiger charge is -2.07. The van der Waals surface area contributed by atoms with Gasteiger partial charge in [-0.05, 0) is 0 Å². The number of aliphatic carboxylic acids is 1. The number of nitrogens with one attached hydrogen (secondary N) is 1. The Kier molecular flexibility index (Phi) is 4.09. The molecule has 0 aliphatic carbocycles. The highest BCUT2D eigenvalue weighted by Gasteiger charge is 2.08. The van der Waals surface area contributed by atoms with E-state index in [4.69, 9.17) is 14.7 Å². The fourth-order valence-electron chi connectivity index (χ4n) is 0.969. The van der Waals surface area contributed by atoms with Crippen LogP contribution in [0.5, 0.6) is 0 Å². The Balaban J connectivity index is 2.12. The van der Waals surface area contributed by atoms with E-state index < -0.39 is 12.1 Å². The minimum Gasteiger partial charge on any atom is -0.481 e. The summed E-state index contributed by atoms with van der Waals surface area (Å²) in [6.45, 7) is 0.643. The Morgan fingerprint density at radius 2 is 2.50 bits per heavy atom. The monoisotopic (exact) mass is 200 g/mol. The van der Waals surface area contributed by atoms with Gasteiger partial charge in [0.1, 0.15) is 5.76 Å². The molecule has 14 heavy (non-hydrogen) atoms. The maximum absolute atomic E-state index is 10.2. The summed E-state index contributed by atoms with van der Waals surface area (Å²) in [4.78, 5) is 10.2. The van der Waals surface area contributed by atoms with Gasteiger partial charge in [-0.3, -0.25) is 4.79 Å². The van der Waals surface area contributed by atoms with E-state index in [1.807, 2.05) is 0 Å². The van der Waals surface area contributed by atoms with Crippen molar-refractivity contribution in [2.45, 2.75) is 19.1 Å². The Labute approximate surface area is 80.5 Å². The van der Waals surface area contributed by atoms with Crippen LogP contribution in [0.2, 0.25) is 0 Å². The first-order valence-electron chi connectivity index (χ1n) is 4.18. The highest BCUT2D eigenvalue weighted by Crippen LogP contribution is 1.95. The fourth-order valence-corrected chi connectivity index (χ4v) is 0.969. The maximum Gasteiger partial charge on any atom is 0.306 e.